The fourth-order valence-corrected chi connectivity index (χ4v) is 2.07. The van der Waals surface area contributed by atoms with Crippen molar-refractivity contribution in [2.45, 2.75) is 20.4 Å². The Labute approximate surface area is 115 Å². The number of carbonyl (C=O) groups is 1. The van der Waals surface area contributed by atoms with Crippen molar-refractivity contribution in [1.82, 2.24) is 4.57 Å². The van der Waals surface area contributed by atoms with Gasteiger partial charge in [-0.25, -0.2) is 8.78 Å². The average Bonchev–Trinajstić information content (AvgIpc) is 2.70. The summed E-state index contributed by atoms with van der Waals surface area (Å²) in [5.41, 5.74) is 1.78. The maximum Gasteiger partial charge on any atom is 0.325 e. The van der Waals surface area contributed by atoms with E-state index in [0.29, 0.717) is 17.9 Å². The fourth-order valence-electron chi connectivity index (χ4n) is 2.07. The lowest BCUT2D eigenvalue weighted by Gasteiger charge is -2.11. The molecule has 0 atom stereocenters. The molecule has 5 heteroatoms. The van der Waals surface area contributed by atoms with Crippen molar-refractivity contribution in [3.05, 3.63) is 47.7 Å². The summed E-state index contributed by atoms with van der Waals surface area (Å²) in [6.07, 6.45) is 0. The van der Waals surface area contributed by atoms with Crippen molar-refractivity contribution in [2.75, 3.05) is 6.61 Å². The predicted molar refractivity (Wildman–Crippen MR) is 71.2 cm³/mol. The van der Waals surface area contributed by atoms with Crippen molar-refractivity contribution >= 4 is 5.97 Å². The molecule has 20 heavy (non-hydrogen) atoms. The second-order valence-corrected chi connectivity index (χ2v) is 4.41. The molecule has 0 saturated carbocycles. The Kier molecular flexibility index (Phi) is 4.17. The number of hydrogen-bond acceptors (Lipinski definition) is 2. The van der Waals surface area contributed by atoms with E-state index < -0.39 is 11.6 Å². The Morgan fingerprint density at radius 1 is 1.20 bits per heavy atom. The van der Waals surface area contributed by atoms with E-state index in [-0.39, 0.29) is 12.5 Å². The smallest absolute Gasteiger partial charge is 0.325 e. The van der Waals surface area contributed by atoms with Gasteiger partial charge in [-0.05, 0) is 38.1 Å². The summed E-state index contributed by atoms with van der Waals surface area (Å²) in [4.78, 5) is 11.6. The first kappa shape index (κ1) is 14.2. The quantitative estimate of drug-likeness (QED) is 0.804. The van der Waals surface area contributed by atoms with Crippen molar-refractivity contribution in [3.63, 3.8) is 0 Å². The first-order valence-electron chi connectivity index (χ1n) is 6.29. The number of rotatable bonds is 4. The zero-order valence-electron chi connectivity index (χ0n) is 11.3. The Bertz CT molecular complexity index is 615. The maximum absolute atomic E-state index is 13.3. The largest absolute Gasteiger partial charge is 0.465 e. The fraction of sp³-hybridized carbons (Fsp3) is 0.267. The molecule has 1 aromatic carbocycles. The van der Waals surface area contributed by atoms with Gasteiger partial charge in [0.2, 0.25) is 0 Å². The van der Waals surface area contributed by atoms with E-state index in [4.69, 9.17) is 4.74 Å². The highest BCUT2D eigenvalue weighted by Gasteiger charge is 2.13. The van der Waals surface area contributed by atoms with Gasteiger partial charge in [0.25, 0.3) is 0 Å². The summed E-state index contributed by atoms with van der Waals surface area (Å²) >= 11 is 0. The standard InChI is InChI=1S/C15H15F2NO2/c1-3-20-15(19)9-18-10(2)4-5-14(18)11-6-12(16)8-13(17)7-11/h4-8H,3,9H2,1-2H3. The second-order valence-electron chi connectivity index (χ2n) is 4.41. The molecular formula is C15H15F2NO2. The molecule has 0 saturated heterocycles. The molecule has 0 fully saturated rings. The molecule has 0 N–H and O–H groups in total. The highest BCUT2D eigenvalue weighted by Crippen LogP contribution is 2.24. The molecule has 0 aliphatic carbocycles. The van der Waals surface area contributed by atoms with E-state index in [1.165, 1.54) is 12.1 Å². The summed E-state index contributed by atoms with van der Waals surface area (Å²) in [5.74, 6) is -1.69. The van der Waals surface area contributed by atoms with Crippen LogP contribution in [0.2, 0.25) is 0 Å². The summed E-state index contributed by atoms with van der Waals surface area (Å²) in [5, 5.41) is 0. The highest BCUT2D eigenvalue weighted by molar-refractivity contribution is 5.71. The number of carbonyl (C=O) groups excluding carboxylic acids is 1. The predicted octanol–water partition coefficient (Wildman–Crippen LogP) is 3.30. The van der Waals surface area contributed by atoms with Crippen LogP contribution >= 0.6 is 0 Å². The number of hydrogen-bond donors (Lipinski definition) is 0. The van der Waals surface area contributed by atoms with E-state index in [1.54, 1.807) is 23.6 Å². The molecule has 0 bridgehead atoms. The molecule has 2 rings (SSSR count). The maximum atomic E-state index is 13.3. The van der Waals surface area contributed by atoms with Crippen LogP contribution in [0.4, 0.5) is 8.78 Å². The molecule has 0 aliphatic heterocycles. The van der Waals surface area contributed by atoms with Crippen molar-refractivity contribution < 1.29 is 18.3 Å². The molecule has 2 aromatic rings. The number of ether oxygens (including phenoxy) is 1. The van der Waals surface area contributed by atoms with Crippen LogP contribution in [0.3, 0.4) is 0 Å². The molecular weight excluding hydrogens is 264 g/mol. The van der Waals surface area contributed by atoms with Crippen molar-refractivity contribution in [3.8, 4) is 11.3 Å². The molecule has 0 amide bonds. The number of aromatic nitrogens is 1. The minimum Gasteiger partial charge on any atom is -0.465 e. The van der Waals surface area contributed by atoms with Crippen molar-refractivity contribution in [2.24, 2.45) is 0 Å². The number of nitrogens with zero attached hydrogens (tertiary/aromatic N) is 1. The summed E-state index contributed by atoms with van der Waals surface area (Å²) < 4.78 is 33.2. The Morgan fingerprint density at radius 3 is 2.45 bits per heavy atom. The minimum atomic E-state index is -0.651. The second kappa shape index (κ2) is 5.86. The van der Waals surface area contributed by atoms with Gasteiger partial charge in [-0.15, -0.1) is 0 Å². The molecule has 0 radical (unpaired) electrons. The van der Waals surface area contributed by atoms with Gasteiger partial charge in [-0.1, -0.05) is 0 Å². The molecule has 0 aliphatic rings. The third kappa shape index (κ3) is 3.04. The van der Waals surface area contributed by atoms with Crippen LogP contribution in [0.1, 0.15) is 12.6 Å². The van der Waals surface area contributed by atoms with Crippen LogP contribution in [0, 0.1) is 18.6 Å². The average molecular weight is 279 g/mol. The van der Waals surface area contributed by atoms with E-state index in [2.05, 4.69) is 0 Å². The zero-order chi connectivity index (χ0) is 14.7. The Balaban J connectivity index is 2.40. The number of benzene rings is 1. The summed E-state index contributed by atoms with van der Waals surface area (Å²) in [7, 11) is 0. The van der Waals surface area contributed by atoms with Crippen LogP contribution in [-0.4, -0.2) is 17.1 Å². The first-order chi connectivity index (χ1) is 9.51. The third-order valence-corrected chi connectivity index (χ3v) is 2.95. The van der Waals surface area contributed by atoms with E-state index in [9.17, 15) is 13.6 Å². The lowest BCUT2D eigenvalue weighted by atomic mass is 10.1. The minimum absolute atomic E-state index is 0.0140. The lowest BCUT2D eigenvalue weighted by molar-refractivity contribution is -0.143. The van der Waals surface area contributed by atoms with Crippen LogP contribution in [-0.2, 0) is 16.1 Å². The summed E-state index contributed by atoms with van der Waals surface area (Å²) in [6, 6.07) is 6.80. The van der Waals surface area contributed by atoms with Gasteiger partial charge in [-0.2, -0.15) is 0 Å². The number of halogens is 2. The van der Waals surface area contributed by atoms with Gasteiger partial charge in [0.1, 0.15) is 18.2 Å². The molecule has 106 valence electrons. The third-order valence-electron chi connectivity index (χ3n) is 2.95. The van der Waals surface area contributed by atoms with Crippen LogP contribution < -0.4 is 0 Å². The lowest BCUT2D eigenvalue weighted by Crippen LogP contribution is -2.15. The Morgan fingerprint density at radius 2 is 1.85 bits per heavy atom. The topological polar surface area (TPSA) is 31.2 Å². The van der Waals surface area contributed by atoms with Gasteiger partial charge < -0.3 is 9.30 Å². The molecule has 1 heterocycles. The molecule has 0 spiro atoms. The summed E-state index contributed by atoms with van der Waals surface area (Å²) in [6.45, 7) is 3.85. The number of esters is 1. The van der Waals surface area contributed by atoms with Gasteiger partial charge >= 0.3 is 5.97 Å². The van der Waals surface area contributed by atoms with Crippen LogP contribution in [0.15, 0.2) is 30.3 Å². The first-order valence-corrected chi connectivity index (χ1v) is 6.29. The monoisotopic (exact) mass is 279 g/mol. The molecule has 0 unspecified atom stereocenters. The Hall–Kier alpha value is -2.17. The van der Waals surface area contributed by atoms with Gasteiger partial charge in [0, 0.05) is 23.0 Å². The highest BCUT2D eigenvalue weighted by atomic mass is 19.1. The molecule has 3 nitrogen and oxygen atoms in total. The SMILES string of the molecule is CCOC(=O)Cn1c(C)ccc1-c1cc(F)cc(F)c1. The number of aryl methyl sites for hydroxylation is 1. The van der Waals surface area contributed by atoms with E-state index >= 15 is 0 Å². The van der Waals surface area contributed by atoms with Gasteiger partial charge in [0.05, 0.1) is 6.61 Å². The van der Waals surface area contributed by atoms with Gasteiger partial charge in [0.15, 0.2) is 0 Å². The van der Waals surface area contributed by atoms with Crippen LogP contribution in [0.5, 0.6) is 0 Å². The van der Waals surface area contributed by atoms with E-state index in [0.717, 1.165) is 11.8 Å². The van der Waals surface area contributed by atoms with Crippen LogP contribution in [0.25, 0.3) is 11.3 Å². The molecule has 1 aromatic heterocycles. The van der Waals surface area contributed by atoms with Crippen molar-refractivity contribution in [1.29, 1.82) is 0 Å². The van der Waals surface area contributed by atoms with E-state index in [1.807, 2.05) is 6.92 Å². The van der Waals surface area contributed by atoms with Gasteiger partial charge in [-0.3, -0.25) is 4.79 Å². The zero-order valence-corrected chi connectivity index (χ0v) is 11.3. The normalized spacial score (nSPS) is 10.6.